The Morgan fingerprint density at radius 3 is 2.96 bits per heavy atom. The number of imidazole rings is 1. The lowest BCUT2D eigenvalue weighted by molar-refractivity contribution is 0.240. The van der Waals surface area contributed by atoms with Crippen LogP contribution in [0.25, 0.3) is 0 Å². The maximum absolute atomic E-state index is 5.14. The molecule has 0 aromatic carbocycles. The van der Waals surface area contributed by atoms with E-state index in [0.29, 0.717) is 11.9 Å². The van der Waals surface area contributed by atoms with Crippen LogP contribution in [0.5, 0.6) is 5.88 Å². The van der Waals surface area contributed by atoms with E-state index in [-0.39, 0.29) is 0 Å². The molecule has 5 heteroatoms. The molecule has 1 unspecified atom stereocenters. The number of aromatic nitrogens is 3. The average Bonchev–Trinajstić information content (AvgIpc) is 3.21. The van der Waals surface area contributed by atoms with Crippen molar-refractivity contribution in [2.75, 3.05) is 13.7 Å². The van der Waals surface area contributed by atoms with E-state index in [2.05, 4.69) is 20.9 Å². The van der Waals surface area contributed by atoms with Crippen LogP contribution in [0.2, 0.25) is 0 Å². The van der Waals surface area contributed by atoms with E-state index in [0.717, 1.165) is 25.9 Å². The summed E-state index contributed by atoms with van der Waals surface area (Å²) in [7, 11) is 1.65. The summed E-state index contributed by atoms with van der Waals surface area (Å²) in [4.78, 5) is 15.4. The predicted molar refractivity (Wildman–Crippen MR) is 88.4 cm³/mol. The molecule has 23 heavy (non-hydrogen) atoms. The quantitative estimate of drug-likeness (QED) is 0.943. The third-order valence-corrected chi connectivity index (χ3v) is 5.04. The van der Waals surface area contributed by atoms with Gasteiger partial charge in [0, 0.05) is 24.5 Å². The summed E-state index contributed by atoms with van der Waals surface area (Å²) in [5.41, 5.74) is 3.92. The molecule has 2 aliphatic rings. The van der Waals surface area contributed by atoms with Crippen molar-refractivity contribution >= 4 is 0 Å². The zero-order valence-corrected chi connectivity index (χ0v) is 13.7. The molecule has 0 saturated carbocycles. The van der Waals surface area contributed by atoms with Gasteiger partial charge in [0.2, 0.25) is 5.88 Å². The second-order valence-electron chi connectivity index (χ2n) is 6.59. The van der Waals surface area contributed by atoms with Gasteiger partial charge in [0.25, 0.3) is 0 Å². The monoisotopic (exact) mass is 312 g/mol. The number of likely N-dealkylation sites (tertiary alicyclic amines) is 1. The lowest BCUT2D eigenvalue weighted by Crippen LogP contribution is -2.23. The summed E-state index contributed by atoms with van der Waals surface area (Å²) in [5.74, 6) is 1.85. The molecule has 1 aliphatic heterocycles. The van der Waals surface area contributed by atoms with Gasteiger partial charge in [-0.15, -0.1) is 0 Å². The van der Waals surface area contributed by atoms with E-state index in [9.17, 15) is 0 Å². The number of ether oxygens (including phenoxy) is 1. The number of nitrogens with zero attached hydrogens (tertiary/aromatic N) is 3. The summed E-state index contributed by atoms with van der Waals surface area (Å²) in [6.45, 7) is 2.05. The molecule has 0 radical (unpaired) electrons. The van der Waals surface area contributed by atoms with E-state index < -0.39 is 0 Å². The number of hydrogen-bond donors (Lipinski definition) is 1. The second kappa shape index (κ2) is 6.32. The van der Waals surface area contributed by atoms with Gasteiger partial charge < -0.3 is 9.72 Å². The SMILES string of the molecule is COc1ccc(CN2CCCC2c2nc3c([nH]2)CCCC3)cn1. The lowest BCUT2D eigenvalue weighted by atomic mass is 10.0. The van der Waals surface area contributed by atoms with Gasteiger partial charge in [-0.2, -0.15) is 0 Å². The highest BCUT2D eigenvalue weighted by molar-refractivity contribution is 5.21. The first-order valence-corrected chi connectivity index (χ1v) is 8.64. The fourth-order valence-electron chi connectivity index (χ4n) is 3.82. The molecule has 4 rings (SSSR count). The Hall–Kier alpha value is -1.88. The third-order valence-electron chi connectivity index (χ3n) is 5.04. The molecule has 122 valence electrons. The molecule has 1 N–H and O–H groups in total. The zero-order chi connectivity index (χ0) is 15.6. The number of methoxy groups -OCH3 is 1. The number of aryl methyl sites for hydroxylation is 2. The van der Waals surface area contributed by atoms with Gasteiger partial charge in [0.15, 0.2) is 0 Å². The van der Waals surface area contributed by atoms with Gasteiger partial charge >= 0.3 is 0 Å². The first-order chi connectivity index (χ1) is 11.3. The van der Waals surface area contributed by atoms with Crippen molar-refractivity contribution in [3.05, 3.63) is 41.1 Å². The number of nitrogens with one attached hydrogen (secondary N) is 1. The standard InChI is InChI=1S/C18H24N4O/c1-23-17-9-8-13(11-19-17)12-22-10-4-7-16(22)18-20-14-5-2-3-6-15(14)21-18/h8-9,11,16H,2-7,10,12H2,1H3,(H,20,21). The molecule has 1 saturated heterocycles. The van der Waals surface area contributed by atoms with E-state index in [4.69, 9.17) is 9.72 Å². The van der Waals surface area contributed by atoms with Crippen LogP contribution in [-0.4, -0.2) is 33.5 Å². The van der Waals surface area contributed by atoms with Crippen LogP contribution in [0.1, 0.15) is 54.5 Å². The fourth-order valence-corrected chi connectivity index (χ4v) is 3.82. The smallest absolute Gasteiger partial charge is 0.212 e. The minimum absolute atomic E-state index is 0.419. The summed E-state index contributed by atoms with van der Waals surface area (Å²) in [6, 6.07) is 4.46. The fraction of sp³-hybridized carbons (Fsp3) is 0.556. The Kier molecular flexibility index (Phi) is 4.04. The molecule has 2 aromatic rings. The first-order valence-electron chi connectivity index (χ1n) is 8.64. The number of aromatic amines is 1. The van der Waals surface area contributed by atoms with Crippen molar-refractivity contribution in [3.8, 4) is 5.88 Å². The Balaban J connectivity index is 1.50. The van der Waals surface area contributed by atoms with Crippen molar-refractivity contribution in [2.45, 2.75) is 51.1 Å². The van der Waals surface area contributed by atoms with Crippen LogP contribution in [0.3, 0.4) is 0 Å². The molecule has 1 atom stereocenters. The molecule has 2 aromatic heterocycles. The van der Waals surface area contributed by atoms with Gasteiger partial charge in [-0.25, -0.2) is 9.97 Å². The molecule has 0 bridgehead atoms. The maximum atomic E-state index is 5.14. The number of H-pyrrole nitrogens is 1. The summed E-state index contributed by atoms with van der Waals surface area (Å²) < 4.78 is 5.14. The van der Waals surface area contributed by atoms with Crippen molar-refractivity contribution in [1.29, 1.82) is 0 Å². The molecule has 1 aliphatic carbocycles. The number of fused-ring (bicyclic) bond motifs is 1. The average molecular weight is 312 g/mol. The van der Waals surface area contributed by atoms with E-state index in [1.54, 1.807) is 7.11 Å². The van der Waals surface area contributed by atoms with Crippen molar-refractivity contribution in [3.63, 3.8) is 0 Å². The molecular formula is C18H24N4O. The number of pyridine rings is 1. The molecule has 5 nitrogen and oxygen atoms in total. The second-order valence-corrected chi connectivity index (χ2v) is 6.59. The van der Waals surface area contributed by atoms with E-state index in [1.807, 2.05) is 12.3 Å². The van der Waals surface area contributed by atoms with Crippen LogP contribution in [0.4, 0.5) is 0 Å². The van der Waals surface area contributed by atoms with Gasteiger partial charge in [0.05, 0.1) is 18.8 Å². The minimum Gasteiger partial charge on any atom is -0.481 e. The van der Waals surface area contributed by atoms with Gasteiger partial charge in [-0.05, 0) is 50.6 Å². The highest BCUT2D eigenvalue weighted by atomic mass is 16.5. The third kappa shape index (κ3) is 2.98. The van der Waals surface area contributed by atoms with Crippen molar-refractivity contribution in [1.82, 2.24) is 19.9 Å². The number of rotatable bonds is 4. The first kappa shape index (κ1) is 14.7. The van der Waals surface area contributed by atoms with Gasteiger partial charge in [-0.3, -0.25) is 4.90 Å². The highest BCUT2D eigenvalue weighted by Crippen LogP contribution is 2.33. The van der Waals surface area contributed by atoms with E-state index in [1.165, 1.54) is 48.5 Å². The predicted octanol–water partition coefficient (Wildman–Crippen LogP) is 3.03. The highest BCUT2D eigenvalue weighted by Gasteiger charge is 2.29. The minimum atomic E-state index is 0.419. The molecule has 0 spiro atoms. The van der Waals surface area contributed by atoms with Crippen LogP contribution >= 0.6 is 0 Å². The van der Waals surface area contributed by atoms with Crippen molar-refractivity contribution in [2.24, 2.45) is 0 Å². The Labute approximate surface area is 137 Å². The Morgan fingerprint density at radius 1 is 1.26 bits per heavy atom. The van der Waals surface area contributed by atoms with Crippen LogP contribution in [0, 0.1) is 0 Å². The normalized spacial score (nSPS) is 21.3. The van der Waals surface area contributed by atoms with Gasteiger partial charge in [-0.1, -0.05) is 6.07 Å². The maximum Gasteiger partial charge on any atom is 0.212 e. The topological polar surface area (TPSA) is 54.0 Å². The van der Waals surface area contributed by atoms with Gasteiger partial charge in [0.1, 0.15) is 5.82 Å². The lowest BCUT2D eigenvalue weighted by Gasteiger charge is -2.22. The molecule has 1 fully saturated rings. The molecule has 0 amide bonds. The van der Waals surface area contributed by atoms with Crippen LogP contribution in [-0.2, 0) is 19.4 Å². The summed E-state index contributed by atoms with van der Waals surface area (Å²) in [6.07, 6.45) is 9.22. The largest absolute Gasteiger partial charge is 0.481 e. The van der Waals surface area contributed by atoms with Crippen molar-refractivity contribution < 1.29 is 4.74 Å². The van der Waals surface area contributed by atoms with Crippen LogP contribution in [0.15, 0.2) is 18.3 Å². The number of hydrogen-bond acceptors (Lipinski definition) is 4. The van der Waals surface area contributed by atoms with E-state index >= 15 is 0 Å². The Bertz CT molecular complexity index is 641. The molecular weight excluding hydrogens is 288 g/mol. The molecule has 3 heterocycles. The Morgan fingerprint density at radius 2 is 2.17 bits per heavy atom. The zero-order valence-electron chi connectivity index (χ0n) is 13.7. The summed E-state index contributed by atoms with van der Waals surface area (Å²) >= 11 is 0. The van der Waals surface area contributed by atoms with Crippen LogP contribution < -0.4 is 4.74 Å². The summed E-state index contributed by atoms with van der Waals surface area (Å²) in [5, 5.41) is 0.